The molecule has 0 fully saturated rings. The molecule has 0 aromatic rings. The molecule has 0 unspecified atom stereocenters. The standard InChI is InChI=1S/C12H17NO2/c1-10(14)12(11(2)15)8-6-5-7-9-13(3)4/h5-9H,1-4H3/b6-5+,9-7+. The molecule has 0 aliphatic heterocycles. The van der Waals surface area contributed by atoms with Gasteiger partial charge in [0.1, 0.15) is 0 Å². The molecule has 0 spiro atoms. The Balaban J connectivity index is 4.47. The van der Waals surface area contributed by atoms with E-state index in [1.54, 1.807) is 12.2 Å². The van der Waals surface area contributed by atoms with Gasteiger partial charge >= 0.3 is 0 Å². The van der Waals surface area contributed by atoms with Gasteiger partial charge in [-0.15, -0.1) is 0 Å². The van der Waals surface area contributed by atoms with E-state index < -0.39 is 0 Å². The maximum Gasteiger partial charge on any atom is 0.163 e. The van der Waals surface area contributed by atoms with Gasteiger partial charge in [-0.25, -0.2) is 0 Å². The van der Waals surface area contributed by atoms with Crippen LogP contribution < -0.4 is 0 Å². The van der Waals surface area contributed by atoms with Crippen LogP contribution in [0.5, 0.6) is 0 Å². The number of ketones is 2. The summed E-state index contributed by atoms with van der Waals surface area (Å²) in [6.45, 7) is 2.77. The fourth-order valence-electron chi connectivity index (χ4n) is 0.920. The van der Waals surface area contributed by atoms with Crippen molar-refractivity contribution in [3.05, 3.63) is 36.1 Å². The number of Topliss-reactive ketones (excluding diaryl/α,β-unsaturated/α-hetero) is 2. The number of hydrogen-bond donors (Lipinski definition) is 0. The summed E-state index contributed by atoms with van der Waals surface area (Å²) in [5.74, 6) is -0.410. The van der Waals surface area contributed by atoms with Crippen molar-refractivity contribution in [2.45, 2.75) is 13.8 Å². The molecule has 0 radical (unpaired) electrons. The predicted molar refractivity (Wildman–Crippen MR) is 61.4 cm³/mol. The van der Waals surface area contributed by atoms with E-state index in [0.717, 1.165) is 0 Å². The fourth-order valence-corrected chi connectivity index (χ4v) is 0.920. The largest absolute Gasteiger partial charge is 0.383 e. The van der Waals surface area contributed by atoms with Crippen LogP contribution >= 0.6 is 0 Å². The number of rotatable bonds is 5. The van der Waals surface area contributed by atoms with Crippen molar-refractivity contribution in [1.82, 2.24) is 4.90 Å². The first-order valence-electron chi connectivity index (χ1n) is 4.68. The lowest BCUT2D eigenvalue weighted by molar-refractivity contribution is -0.119. The van der Waals surface area contributed by atoms with Crippen LogP contribution in [0.3, 0.4) is 0 Å². The number of carbonyl (C=O) groups excluding carboxylic acids is 2. The van der Waals surface area contributed by atoms with Gasteiger partial charge in [0.25, 0.3) is 0 Å². The monoisotopic (exact) mass is 207 g/mol. The van der Waals surface area contributed by atoms with Crippen LogP contribution in [0.15, 0.2) is 36.1 Å². The van der Waals surface area contributed by atoms with Crippen molar-refractivity contribution in [1.29, 1.82) is 0 Å². The molecule has 3 nitrogen and oxygen atoms in total. The first-order chi connectivity index (χ1) is 6.95. The van der Waals surface area contributed by atoms with Crippen molar-refractivity contribution < 1.29 is 9.59 Å². The molecule has 0 bridgehead atoms. The molecule has 0 rings (SSSR count). The minimum Gasteiger partial charge on any atom is -0.383 e. The van der Waals surface area contributed by atoms with E-state index in [1.807, 2.05) is 31.3 Å². The highest BCUT2D eigenvalue weighted by molar-refractivity contribution is 6.18. The molecular formula is C12H17NO2. The van der Waals surface area contributed by atoms with Gasteiger partial charge in [-0.1, -0.05) is 12.2 Å². The van der Waals surface area contributed by atoms with E-state index >= 15 is 0 Å². The molecule has 0 aromatic heterocycles. The zero-order valence-corrected chi connectivity index (χ0v) is 9.65. The SMILES string of the molecule is CC(=O)C(=C/C=C/C=C/N(C)C)C(C)=O. The van der Waals surface area contributed by atoms with Crippen LogP contribution in [-0.4, -0.2) is 30.6 Å². The van der Waals surface area contributed by atoms with Gasteiger partial charge in [-0.3, -0.25) is 9.59 Å². The molecule has 82 valence electrons. The van der Waals surface area contributed by atoms with Crippen LogP contribution in [-0.2, 0) is 9.59 Å². The normalized spacial score (nSPS) is 10.7. The van der Waals surface area contributed by atoms with Crippen LogP contribution in [0.2, 0.25) is 0 Å². The number of nitrogens with zero attached hydrogens (tertiary/aromatic N) is 1. The molecule has 0 amide bonds. The van der Waals surface area contributed by atoms with E-state index in [1.165, 1.54) is 19.9 Å². The second kappa shape index (κ2) is 6.76. The molecule has 0 saturated carbocycles. The van der Waals surface area contributed by atoms with Gasteiger partial charge in [0.05, 0.1) is 5.57 Å². The van der Waals surface area contributed by atoms with Crippen molar-refractivity contribution >= 4 is 11.6 Å². The second-order valence-corrected chi connectivity index (χ2v) is 3.38. The minimum atomic E-state index is -0.205. The van der Waals surface area contributed by atoms with Gasteiger partial charge in [0.15, 0.2) is 11.6 Å². The Labute approximate surface area is 90.8 Å². The number of carbonyl (C=O) groups is 2. The van der Waals surface area contributed by atoms with Gasteiger partial charge < -0.3 is 4.90 Å². The molecule has 0 heterocycles. The second-order valence-electron chi connectivity index (χ2n) is 3.38. The minimum absolute atomic E-state index is 0.205. The molecule has 0 saturated heterocycles. The summed E-state index contributed by atoms with van der Waals surface area (Å²) in [5, 5.41) is 0. The zero-order valence-electron chi connectivity index (χ0n) is 9.65. The van der Waals surface area contributed by atoms with E-state index in [2.05, 4.69) is 0 Å². The maximum atomic E-state index is 11.0. The van der Waals surface area contributed by atoms with Crippen LogP contribution in [0.25, 0.3) is 0 Å². The topological polar surface area (TPSA) is 37.4 Å². The number of allylic oxidation sites excluding steroid dienone is 5. The summed E-state index contributed by atoms with van der Waals surface area (Å²) in [6.07, 6.45) is 8.68. The van der Waals surface area contributed by atoms with Gasteiger partial charge in [-0.05, 0) is 32.2 Å². The van der Waals surface area contributed by atoms with E-state index in [9.17, 15) is 9.59 Å². The van der Waals surface area contributed by atoms with E-state index in [4.69, 9.17) is 0 Å². The molecule has 0 aliphatic carbocycles. The van der Waals surface area contributed by atoms with Crippen molar-refractivity contribution in [3.8, 4) is 0 Å². The first kappa shape index (κ1) is 13.4. The lowest BCUT2D eigenvalue weighted by Crippen LogP contribution is -2.05. The highest BCUT2D eigenvalue weighted by Crippen LogP contribution is 1.98. The quantitative estimate of drug-likeness (QED) is 0.298. The molecule has 0 N–H and O–H groups in total. The Hall–Kier alpha value is -1.64. The summed E-state index contributed by atoms with van der Waals surface area (Å²) in [5.41, 5.74) is 0.226. The van der Waals surface area contributed by atoms with E-state index in [0.29, 0.717) is 0 Å². The third-order valence-corrected chi connectivity index (χ3v) is 1.63. The lowest BCUT2D eigenvalue weighted by atomic mass is 10.1. The summed E-state index contributed by atoms with van der Waals surface area (Å²) < 4.78 is 0. The third kappa shape index (κ3) is 6.43. The summed E-state index contributed by atoms with van der Waals surface area (Å²) in [4.78, 5) is 23.9. The molecule has 0 atom stereocenters. The van der Waals surface area contributed by atoms with Crippen LogP contribution in [0.4, 0.5) is 0 Å². The number of hydrogen-bond acceptors (Lipinski definition) is 3. The van der Waals surface area contributed by atoms with E-state index in [-0.39, 0.29) is 17.1 Å². The average molecular weight is 207 g/mol. The lowest BCUT2D eigenvalue weighted by Gasteiger charge is -2.00. The molecule has 0 aliphatic rings. The zero-order chi connectivity index (χ0) is 11.8. The highest BCUT2D eigenvalue weighted by atomic mass is 16.1. The molecule has 0 aromatic carbocycles. The van der Waals surface area contributed by atoms with Gasteiger partial charge in [0.2, 0.25) is 0 Å². The van der Waals surface area contributed by atoms with Gasteiger partial charge in [0, 0.05) is 14.1 Å². The smallest absolute Gasteiger partial charge is 0.163 e. The first-order valence-corrected chi connectivity index (χ1v) is 4.68. The third-order valence-electron chi connectivity index (χ3n) is 1.63. The molecule has 3 heteroatoms. The van der Waals surface area contributed by atoms with Crippen LogP contribution in [0, 0.1) is 0 Å². The average Bonchev–Trinajstić information content (AvgIpc) is 2.08. The van der Waals surface area contributed by atoms with Gasteiger partial charge in [-0.2, -0.15) is 0 Å². The van der Waals surface area contributed by atoms with Crippen LogP contribution in [0.1, 0.15) is 13.8 Å². The fraction of sp³-hybridized carbons (Fsp3) is 0.333. The predicted octanol–water partition coefficient (Wildman–Crippen LogP) is 1.72. The Morgan fingerprint density at radius 3 is 1.87 bits per heavy atom. The Kier molecular flexibility index (Phi) is 6.02. The Morgan fingerprint density at radius 1 is 0.933 bits per heavy atom. The summed E-state index contributed by atoms with van der Waals surface area (Å²) in [7, 11) is 3.83. The Bertz CT molecular complexity index is 307. The maximum absolute atomic E-state index is 11.0. The molecular weight excluding hydrogens is 190 g/mol. The summed E-state index contributed by atoms with van der Waals surface area (Å²) >= 11 is 0. The van der Waals surface area contributed by atoms with Crippen molar-refractivity contribution in [3.63, 3.8) is 0 Å². The summed E-state index contributed by atoms with van der Waals surface area (Å²) in [6, 6.07) is 0. The Morgan fingerprint density at radius 2 is 1.47 bits per heavy atom. The van der Waals surface area contributed by atoms with Crippen molar-refractivity contribution in [2.24, 2.45) is 0 Å². The highest BCUT2D eigenvalue weighted by Gasteiger charge is 2.06. The molecule has 15 heavy (non-hydrogen) atoms. The van der Waals surface area contributed by atoms with Crippen molar-refractivity contribution in [2.75, 3.05) is 14.1 Å².